The van der Waals surface area contributed by atoms with Crippen LogP contribution in [-0.4, -0.2) is 18.2 Å². The summed E-state index contributed by atoms with van der Waals surface area (Å²) in [5.41, 5.74) is 2.19. The maximum Gasteiger partial charge on any atom is 0.412 e. The molecular formula is C8H11NO2S. The molecule has 0 aliphatic heterocycles. The number of hydrogen-bond acceptors (Lipinski definition) is 2. The average molecular weight is 185 g/mol. The second-order valence-electron chi connectivity index (χ2n) is 2.69. The molecule has 0 aromatic carbocycles. The minimum absolute atomic E-state index is 0.806. The van der Waals surface area contributed by atoms with Crippen molar-refractivity contribution in [3.63, 3.8) is 0 Å². The highest BCUT2D eigenvalue weighted by Gasteiger charge is 2.13. The van der Waals surface area contributed by atoms with Gasteiger partial charge in [0, 0.05) is 7.05 Å². The van der Waals surface area contributed by atoms with Crippen molar-refractivity contribution in [3.05, 3.63) is 16.5 Å². The molecule has 0 saturated heterocycles. The van der Waals surface area contributed by atoms with Crippen molar-refractivity contribution in [2.24, 2.45) is 0 Å². The summed E-state index contributed by atoms with van der Waals surface area (Å²) < 4.78 is 0. The summed E-state index contributed by atoms with van der Waals surface area (Å²) in [6.07, 6.45) is -0.917. The van der Waals surface area contributed by atoms with Crippen LogP contribution in [0.2, 0.25) is 0 Å². The van der Waals surface area contributed by atoms with Gasteiger partial charge in [-0.3, -0.25) is 4.90 Å². The summed E-state index contributed by atoms with van der Waals surface area (Å²) in [5, 5.41) is 11.5. The summed E-state index contributed by atoms with van der Waals surface area (Å²) in [7, 11) is 1.56. The molecule has 0 unspecified atom stereocenters. The molecule has 12 heavy (non-hydrogen) atoms. The Balaban J connectivity index is 3.03. The standard InChI is InChI=1S/C8H11NO2S/c1-5-4-12-7(6(5)2)9(3)8(10)11/h4H,1-3H3,(H,10,11). The highest BCUT2D eigenvalue weighted by Crippen LogP contribution is 2.29. The van der Waals surface area contributed by atoms with E-state index in [4.69, 9.17) is 5.11 Å². The number of hydrogen-bond donors (Lipinski definition) is 1. The van der Waals surface area contributed by atoms with Gasteiger partial charge in [-0.25, -0.2) is 4.79 Å². The largest absolute Gasteiger partial charge is 0.465 e. The molecule has 1 heterocycles. The fourth-order valence-electron chi connectivity index (χ4n) is 0.907. The van der Waals surface area contributed by atoms with E-state index in [1.54, 1.807) is 7.05 Å². The number of thiophene rings is 1. The van der Waals surface area contributed by atoms with Gasteiger partial charge in [-0.05, 0) is 30.4 Å². The average Bonchev–Trinajstić information content (AvgIpc) is 2.32. The number of anilines is 1. The predicted octanol–water partition coefficient (Wildman–Crippen LogP) is 2.48. The van der Waals surface area contributed by atoms with Crippen molar-refractivity contribution >= 4 is 22.4 Å². The molecule has 1 aromatic rings. The van der Waals surface area contributed by atoms with Gasteiger partial charge in [-0.1, -0.05) is 0 Å². The molecule has 0 fully saturated rings. The number of rotatable bonds is 1. The van der Waals surface area contributed by atoms with Gasteiger partial charge in [0.05, 0.1) is 0 Å². The molecule has 0 aliphatic carbocycles. The molecule has 1 rings (SSSR count). The SMILES string of the molecule is Cc1csc(N(C)C(=O)O)c1C. The van der Waals surface area contributed by atoms with E-state index in [9.17, 15) is 4.79 Å². The summed E-state index contributed by atoms with van der Waals surface area (Å²) >= 11 is 1.46. The third-order valence-electron chi connectivity index (χ3n) is 1.85. The normalized spacial score (nSPS) is 9.92. The third kappa shape index (κ3) is 1.43. The lowest BCUT2D eigenvalue weighted by Crippen LogP contribution is -2.23. The molecule has 3 nitrogen and oxygen atoms in total. The van der Waals surface area contributed by atoms with E-state index in [0.717, 1.165) is 16.1 Å². The van der Waals surface area contributed by atoms with Gasteiger partial charge in [0.2, 0.25) is 0 Å². The zero-order valence-corrected chi connectivity index (χ0v) is 8.10. The van der Waals surface area contributed by atoms with Crippen LogP contribution in [0, 0.1) is 13.8 Å². The first kappa shape index (κ1) is 9.06. The molecule has 0 atom stereocenters. The molecule has 0 aliphatic rings. The van der Waals surface area contributed by atoms with E-state index in [2.05, 4.69) is 0 Å². The number of amides is 1. The summed E-state index contributed by atoms with van der Waals surface area (Å²) in [6, 6.07) is 0. The first-order valence-electron chi connectivity index (χ1n) is 3.55. The highest BCUT2D eigenvalue weighted by molar-refractivity contribution is 7.14. The fraction of sp³-hybridized carbons (Fsp3) is 0.375. The Hall–Kier alpha value is -1.03. The van der Waals surface area contributed by atoms with Crippen molar-refractivity contribution in [3.8, 4) is 0 Å². The highest BCUT2D eigenvalue weighted by atomic mass is 32.1. The Bertz CT molecular complexity index is 306. The monoisotopic (exact) mass is 185 g/mol. The van der Waals surface area contributed by atoms with Gasteiger partial charge >= 0.3 is 6.09 Å². The maximum atomic E-state index is 10.6. The Morgan fingerprint density at radius 1 is 1.58 bits per heavy atom. The van der Waals surface area contributed by atoms with Crippen LogP contribution in [0.1, 0.15) is 11.1 Å². The number of nitrogens with zero attached hydrogens (tertiary/aromatic N) is 1. The van der Waals surface area contributed by atoms with E-state index in [0.29, 0.717) is 0 Å². The zero-order valence-electron chi connectivity index (χ0n) is 7.29. The smallest absolute Gasteiger partial charge is 0.412 e. The minimum Gasteiger partial charge on any atom is -0.465 e. The summed E-state index contributed by atoms with van der Waals surface area (Å²) in [4.78, 5) is 11.8. The Kier molecular flexibility index (Phi) is 2.38. The molecule has 0 spiro atoms. The first-order chi connectivity index (χ1) is 5.54. The van der Waals surface area contributed by atoms with Crippen molar-refractivity contribution in [2.45, 2.75) is 13.8 Å². The van der Waals surface area contributed by atoms with Crippen LogP contribution < -0.4 is 4.90 Å². The number of carboxylic acid groups (broad SMARTS) is 1. The van der Waals surface area contributed by atoms with E-state index >= 15 is 0 Å². The molecule has 1 aromatic heterocycles. The lowest BCUT2D eigenvalue weighted by molar-refractivity contribution is 0.203. The number of aryl methyl sites for hydroxylation is 1. The third-order valence-corrected chi connectivity index (χ3v) is 3.13. The van der Waals surface area contributed by atoms with Gasteiger partial charge in [0.25, 0.3) is 0 Å². The van der Waals surface area contributed by atoms with Crippen LogP contribution in [0.5, 0.6) is 0 Å². The van der Waals surface area contributed by atoms with Gasteiger partial charge in [-0.15, -0.1) is 11.3 Å². The second kappa shape index (κ2) is 3.15. The van der Waals surface area contributed by atoms with E-state index in [-0.39, 0.29) is 0 Å². The van der Waals surface area contributed by atoms with Crippen LogP contribution in [0.25, 0.3) is 0 Å². The van der Waals surface area contributed by atoms with Crippen LogP contribution in [0.3, 0.4) is 0 Å². The Morgan fingerprint density at radius 2 is 2.17 bits per heavy atom. The first-order valence-corrected chi connectivity index (χ1v) is 4.43. The van der Waals surface area contributed by atoms with Crippen LogP contribution in [-0.2, 0) is 0 Å². The predicted molar refractivity (Wildman–Crippen MR) is 50.2 cm³/mol. The van der Waals surface area contributed by atoms with Crippen molar-refractivity contribution < 1.29 is 9.90 Å². The molecule has 0 radical (unpaired) electrons. The molecule has 0 saturated carbocycles. The van der Waals surface area contributed by atoms with Crippen LogP contribution in [0.4, 0.5) is 9.80 Å². The molecule has 66 valence electrons. The van der Waals surface area contributed by atoms with E-state index in [1.807, 2.05) is 19.2 Å². The molecular weight excluding hydrogens is 174 g/mol. The topological polar surface area (TPSA) is 40.5 Å². The molecule has 1 amide bonds. The van der Waals surface area contributed by atoms with Crippen LogP contribution in [0.15, 0.2) is 5.38 Å². The van der Waals surface area contributed by atoms with Gasteiger partial charge in [0.1, 0.15) is 5.00 Å². The van der Waals surface area contributed by atoms with Gasteiger partial charge < -0.3 is 5.11 Å². The van der Waals surface area contributed by atoms with Gasteiger partial charge in [-0.2, -0.15) is 0 Å². The van der Waals surface area contributed by atoms with Crippen LogP contribution >= 0.6 is 11.3 Å². The molecule has 0 bridgehead atoms. The van der Waals surface area contributed by atoms with Crippen molar-refractivity contribution in [1.29, 1.82) is 0 Å². The fourth-order valence-corrected chi connectivity index (χ4v) is 1.95. The summed E-state index contributed by atoms with van der Waals surface area (Å²) in [6.45, 7) is 3.91. The lowest BCUT2D eigenvalue weighted by Gasteiger charge is -2.11. The van der Waals surface area contributed by atoms with Crippen molar-refractivity contribution in [1.82, 2.24) is 0 Å². The second-order valence-corrected chi connectivity index (χ2v) is 3.55. The Morgan fingerprint density at radius 3 is 2.50 bits per heavy atom. The minimum atomic E-state index is -0.917. The molecule has 4 heteroatoms. The quantitative estimate of drug-likeness (QED) is 0.730. The van der Waals surface area contributed by atoms with E-state index in [1.165, 1.54) is 16.2 Å². The zero-order chi connectivity index (χ0) is 9.30. The summed E-state index contributed by atoms with van der Waals surface area (Å²) in [5.74, 6) is 0. The number of carbonyl (C=O) groups is 1. The lowest BCUT2D eigenvalue weighted by atomic mass is 10.2. The van der Waals surface area contributed by atoms with E-state index < -0.39 is 6.09 Å². The Labute approximate surface area is 75.2 Å². The molecule has 1 N–H and O–H groups in total. The maximum absolute atomic E-state index is 10.6. The van der Waals surface area contributed by atoms with Gasteiger partial charge in [0.15, 0.2) is 0 Å². The van der Waals surface area contributed by atoms with Crippen molar-refractivity contribution in [2.75, 3.05) is 11.9 Å².